The van der Waals surface area contributed by atoms with Crippen molar-refractivity contribution >= 4 is 33.3 Å². The van der Waals surface area contributed by atoms with Gasteiger partial charge >= 0.3 is 0 Å². The third-order valence-electron chi connectivity index (χ3n) is 3.21. The third-order valence-corrected chi connectivity index (χ3v) is 3.71. The summed E-state index contributed by atoms with van der Waals surface area (Å²) in [5.41, 5.74) is 2.34. The highest BCUT2D eigenvalue weighted by Crippen LogP contribution is 2.25. The fourth-order valence-corrected chi connectivity index (χ4v) is 2.55. The minimum absolute atomic E-state index is 0.829. The topological polar surface area (TPSA) is 49.8 Å². The van der Waals surface area contributed by atoms with E-state index in [-0.39, 0.29) is 0 Å². The van der Waals surface area contributed by atoms with Crippen LogP contribution in [0, 0.1) is 0 Å². The van der Waals surface area contributed by atoms with Crippen molar-refractivity contribution in [3.05, 3.63) is 40.1 Å². The Labute approximate surface area is 134 Å². The molecule has 0 radical (unpaired) electrons. The van der Waals surface area contributed by atoms with Crippen molar-refractivity contribution in [3.63, 3.8) is 0 Å². The van der Waals surface area contributed by atoms with Gasteiger partial charge in [0.25, 0.3) is 0 Å². The Morgan fingerprint density at radius 1 is 1.10 bits per heavy atom. The van der Waals surface area contributed by atoms with Crippen molar-refractivity contribution < 1.29 is 0 Å². The van der Waals surface area contributed by atoms with E-state index in [1.807, 2.05) is 19.2 Å². The van der Waals surface area contributed by atoms with Crippen molar-refractivity contribution in [2.45, 2.75) is 33.1 Å². The molecule has 2 rings (SSSR count). The van der Waals surface area contributed by atoms with Crippen molar-refractivity contribution in [1.29, 1.82) is 0 Å². The zero-order valence-electron chi connectivity index (χ0n) is 12.7. The summed E-state index contributed by atoms with van der Waals surface area (Å²) >= 11 is 3.51. The van der Waals surface area contributed by atoms with Crippen LogP contribution in [0.5, 0.6) is 0 Å². The molecule has 0 amide bonds. The van der Waals surface area contributed by atoms with E-state index in [0.29, 0.717) is 0 Å². The van der Waals surface area contributed by atoms with Crippen molar-refractivity contribution in [2.75, 3.05) is 17.7 Å². The number of aryl methyl sites for hydroxylation is 2. The molecule has 1 aromatic heterocycles. The van der Waals surface area contributed by atoms with Gasteiger partial charge in [0.2, 0.25) is 0 Å². The van der Waals surface area contributed by atoms with Gasteiger partial charge in [0, 0.05) is 29.7 Å². The van der Waals surface area contributed by atoms with Gasteiger partial charge in [-0.15, -0.1) is 0 Å². The Balaban J connectivity index is 2.32. The number of aromatic nitrogens is 2. The molecule has 1 heterocycles. The lowest BCUT2D eigenvalue weighted by atomic mass is 10.1. The molecule has 112 valence electrons. The van der Waals surface area contributed by atoms with Crippen molar-refractivity contribution in [3.8, 4) is 0 Å². The summed E-state index contributed by atoms with van der Waals surface area (Å²) in [5, 5.41) is 6.50. The molecule has 0 unspecified atom stereocenters. The molecule has 1 aromatic carbocycles. The van der Waals surface area contributed by atoms with E-state index in [0.717, 1.165) is 46.9 Å². The molecule has 0 saturated heterocycles. The van der Waals surface area contributed by atoms with E-state index in [2.05, 4.69) is 62.5 Å². The highest BCUT2D eigenvalue weighted by atomic mass is 79.9. The van der Waals surface area contributed by atoms with Crippen LogP contribution in [0.2, 0.25) is 0 Å². The van der Waals surface area contributed by atoms with Gasteiger partial charge < -0.3 is 10.6 Å². The number of anilines is 3. The summed E-state index contributed by atoms with van der Waals surface area (Å²) in [6, 6.07) is 8.17. The van der Waals surface area contributed by atoms with Crippen LogP contribution in [-0.4, -0.2) is 17.0 Å². The summed E-state index contributed by atoms with van der Waals surface area (Å²) in [5.74, 6) is 2.53. The first-order valence-corrected chi connectivity index (χ1v) is 8.06. The second-order valence-electron chi connectivity index (χ2n) is 4.83. The molecule has 0 bridgehead atoms. The molecule has 0 fully saturated rings. The molecule has 0 saturated carbocycles. The lowest BCUT2D eigenvalue weighted by Crippen LogP contribution is -2.04. The van der Waals surface area contributed by atoms with Gasteiger partial charge in [-0.3, -0.25) is 0 Å². The Bertz CT molecular complexity index is 613. The molecule has 0 aliphatic heterocycles. The normalized spacial score (nSPS) is 10.5. The average Bonchev–Trinajstić information content (AvgIpc) is 2.49. The highest BCUT2D eigenvalue weighted by Gasteiger charge is 2.06. The monoisotopic (exact) mass is 348 g/mol. The summed E-state index contributed by atoms with van der Waals surface area (Å²) in [7, 11) is 1.87. The van der Waals surface area contributed by atoms with Crippen LogP contribution in [0.25, 0.3) is 0 Å². The molecule has 0 atom stereocenters. The highest BCUT2D eigenvalue weighted by molar-refractivity contribution is 9.10. The lowest BCUT2D eigenvalue weighted by Gasteiger charge is -2.13. The number of halogens is 1. The zero-order valence-corrected chi connectivity index (χ0v) is 14.3. The maximum Gasteiger partial charge on any atom is 0.136 e. The first-order valence-electron chi connectivity index (χ1n) is 7.27. The van der Waals surface area contributed by atoms with Crippen LogP contribution in [0.15, 0.2) is 28.7 Å². The van der Waals surface area contributed by atoms with Gasteiger partial charge in [0.15, 0.2) is 0 Å². The molecular weight excluding hydrogens is 328 g/mol. The average molecular weight is 349 g/mol. The Kier molecular flexibility index (Phi) is 5.56. The van der Waals surface area contributed by atoms with Crippen LogP contribution in [-0.2, 0) is 12.8 Å². The maximum absolute atomic E-state index is 4.59. The van der Waals surface area contributed by atoms with E-state index in [4.69, 9.17) is 0 Å². The van der Waals surface area contributed by atoms with Crippen LogP contribution in [0.3, 0.4) is 0 Å². The van der Waals surface area contributed by atoms with Crippen molar-refractivity contribution in [1.82, 2.24) is 9.97 Å². The van der Waals surface area contributed by atoms with Crippen LogP contribution >= 0.6 is 15.9 Å². The van der Waals surface area contributed by atoms with Crippen molar-refractivity contribution in [2.24, 2.45) is 0 Å². The quantitative estimate of drug-likeness (QED) is 0.804. The minimum Gasteiger partial charge on any atom is -0.373 e. The molecule has 0 spiro atoms. The predicted octanol–water partition coefficient (Wildman–Crippen LogP) is 4.54. The van der Waals surface area contributed by atoms with E-state index >= 15 is 0 Å². The maximum atomic E-state index is 4.59. The SMILES string of the molecule is CCCc1nc(NC)cc(Nc2ccc(Br)cc2CC)n1. The van der Waals surface area contributed by atoms with E-state index in [1.54, 1.807) is 0 Å². The molecule has 2 aromatic rings. The van der Waals surface area contributed by atoms with Crippen LogP contribution in [0.1, 0.15) is 31.7 Å². The molecular formula is C16H21BrN4. The number of nitrogens with zero attached hydrogens (tertiary/aromatic N) is 2. The summed E-state index contributed by atoms with van der Waals surface area (Å²) in [6.45, 7) is 4.28. The molecule has 21 heavy (non-hydrogen) atoms. The van der Waals surface area contributed by atoms with Gasteiger partial charge in [-0.25, -0.2) is 9.97 Å². The third kappa shape index (κ3) is 4.17. The number of rotatable bonds is 6. The fourth-order valence-electron chi connectivity index (χ4n) is 2.14. The molecule has 0 aliphatic rings. The standard InChI is InChI=1S/C16H21BrN4/c1-4-6-14-20-15(18-3)10-16(21-14)19-13-8-7-12(17)9-11(13)5-2/h7-10H,4-6H2,1-3H3,(H2,18,19,20,21). The smallest absolute Gasteiger partial charge is 0.136 e. The fraction of sp³-hybridized carbons (Fsp3) is 0.375. The predicted molar refractivity (Wildman–Crippen MR) is 92.4 cm³/mol. The Morgan fingerprint density at radius 3 is 2.52 bits per heavy atom. The minimum atomic E-state index is 0.829. The molecule has 4 nitrogen and oxygen atoms in total. The number of benzene rings is 1. The largest absolute Gasteiger partial charge is 0.373 e. The second kappa shape index (κ2) is 7.41. The first kappa shape index (κ1) is 15.8. The molecule has 5 heteroatoms. The van der Waals surface area contributed by atoms with Crippen LogP contribution in [0.4, 0.5) is 17.3 Å². The Morgan fingerprint density at radius 2 is 1.86 bits per heavy atom. The summed E-state index contributed by atoms with van der Waals surface area (Å²) in [6.07, 6.45) is 2.88. The lowest BCUT2D eigenvalue weighted by molar-refractivity contribution is 0.838. The van der Waals surface area contributed by atoms with Gasteiger partial charge in [0.05, 0.1) is 0 Å². The molecule has 2 N–H and O–H groups in total. The first-order chi connectivity index (χ1) is 10.2. The number of nitrogens with one attached hydrogen (secondary N) is 2. The number of hydrogen-bond acceptors (Lipinski definition) is 4. The van der Waals surface area contributed by atoms with E-state index in [9.17, 15) is 0 Å². The van der Waals surface area contributed by atoms with Gasteiger partial charge in [0.1, 0.15) is 17.5 Å². The van der Waals surface area contributed by atoms with E-state index in [1.165, 1.54) is 5.56 Å². The van der Waals surface area contributed by atoms with Crippen LogP contribution < -0.4 is 10.6 Å². The van der Waals surface area contributed by atoms with Gasteiger partial charge in [-0.2, -0.15) is 0 Å². The van der Waals surface area contributed by atoms with Gasteiger partial charge in [-0.05, 0) is 36.6 Å². The summed E-state index contributed by atoms with van der Waals surface area (Å²) in [4.78, 5) is 9.06. The zero-order chi connectivity index (χ0) is 15.2. The summed E-state index contributed by atoms with van der Waals surface area (Å²) < 4.78 is 1.09. The number of hydrogen-bond donors (Lipinski definition) is 2. The molecule has 0 aliphatic carbocycles. The van der Waals surface area contributed by atoms with Gasteiger partial charge in [-0.1, -0.05) is 29.8 Å². The van der Waals surface area contributed by atoms with E-state index < -0.39 is 0 Å². The second-order valence-corrected chi connectivity index (χ2v) is 5.75. The Hall–Kier alpha value is -1.62.